The van der Waals surface area contributed by atoms with Crippen LogP contribution < -0.4 is 5.32 Å². The Bertz CT molecular complexity index is 551. The molecule has 2 aromatic rings. The van der Waals surface area contributed by atoms with Gasteiger partial charge in [0.2, 0.25) is 0 Å². The van der Waals surface area contributed by atoms with Gasteiger partial charge in [-0.3, -0.25) is 0 Å². The van der Waals surface area contributed by atoms with Crippen LogP contribution in [0.3, 0.4) is 0 Å². The Morgan fingerprint density at radius 2 is 1.72 bits per heavy atom. The first kappa shape index (κ1) is 11.3. The smallest absolute Gasteiger partial charge is 0.0519 e. The molecule has 1 nitrogen and oxygen atoms in total. The number of anilines is 1. The fourth-order valence-corrected chi connectivity index (χ4v) is 2.97. The summed E-state index contributed by atoms with van der Waals surface area (Å²) in [7, 11) is 0. The highest BCUT2D eigenvalue weighted by Crippen LogP contribution is 2.33. The van der Waals surface area contributed by atoms with Gasteiger partial charge in [0.1, 0.15) is 0 Å². The molecular weight excluding hydrogens is 218 g/mol. The van der Waals surface area contributed by atoms with E-state index in [1.165, 1.54) is 40.8 Å². The lowest BCUT2D eigenvalue weighted by Gasteiger charge is -2.16. The van der Waals surface area contributed by atoms with Gasteiger partial charge in [-0.15, -0.1) is 0 Å². The standard InChI is InChI=1S/C17H19N/c1-12-9-13(2)11-15(10-12)18-17-8-7-14-5-3-4-6-16(14)17/h3-6,9-11,17-18H,7-8H2,1-2H3. The summed E-state index contributed by atoms with van der Waals surface area (Å²) < 4.78 is 0. The first-order valence-corrected chi connectivity index (χ1v) is 6.65. The van der Waals surface area contributed by atoms with Crippen LogP contribution in [-0.4, -0.2) is 0 Å². The number of fused-ring (bicyclic) bond motifs is 1. The topological polar surface area (TPSA) is 12.0 Å². The minimum Gasteiger partial charge on any atom is -0.378 e. The summed E-state index contributed by atoms with van der Waals surface area (Å²) in [4.78, 5) is 0. The van der Waals surface area contributed by atoms with Crippen LogP contribution in [0.5, 0.6) is 0 Å². The van der Waals surface area contributed by atoms with Gasteiger partial charge in [0.15, 0.2) is 0 Å². The minimum atomic E-state index is 0.474. The van der Waals surface area contributed by atoms with Crippen LogP contribution in [0.2, 0.25) is 0 Å². The molecule has 18 heavy (non-hydrogen) atoms. The Hall–Kier alpha value is -1.76. The number of benzene rings is 2. The third-order valence-corrected chi connectivity index (χ3v) is 3.70. The summed E-state index contributed by atoms with van der Waals surface area (Å²) in [5.74, 6) is 0. The monoisotopic (exact) mass is 237 g/mol. The van der Waals surface area contributed by atoms with E-state index in [-0.39, 0.29) is 0 Å². The second kappa shape index (κ2) is 4.49. The van der Waals surface area contributed by atoms with Crippen molar-refractivity contribution in [1.29, 1.82) is 0 Å². The molecule has 0 aliphatic heterocycles. The lowest BCUT2D eigenvalue weighted by atomic mass is 10.1. The molecule has 1 N–H and O–H groups in total. The van der Waals surface area contributed by atoms with Crippen LogP contribution in [0.15, 0.2) is 42.5 Å². The molecule has 0 radical (unpaired) electrons. The Morgan fingerprint density at radius 1 is 1.00 bits per heavy atom. The minimum absolute atomic E-state index is 0.474. The summed E-state index contributed by atoms with van der Waals surface area (Å²) in [6, 6.07) is 15.9. The molecule has 0 spiro atoms. The van der Waals surface area contributed by atoms with Gasteiger partial charge >= 0.3 is 0 Å². The van der Waals surface area contributed by atoms with E-state index in [4.69, 9.17) is 0 Å². The molecule has 1 aliphatic carbocycles. The van der Waals surface area contributed by atoms with E-state index in [2.05, 4.69) is 61.6 Å². The average molecular weight is 237 g/mol. The largest absolute Gasteiger partial charge is 0.378 e. The third kappa shape index (κ3) is 2.13. The van der Waals surface area contributed by atoms with Crippen LogP contribution in [0.1, 0.15) is 34.7 Å². The summed E-state index contributed by atoms with van der Waals surface area (Å²) in [5, 5.41) is 3.68. The lowest BCUT2D eigenvalue weighted by molar-refractivity contribution is 0.762. The number of nitrogens with one attached hydrogen (secondary N) is 1. The van der Waals surface area contributed by atoms with Crippen LogP contribution >= 0.6 is 0 Å². The highest BCUT2D eigenvalue weighted by atomic mass is 14.9. The van der Waals surface area contributed by atoms with Crippen LogP contribution in [0, 0.1) is 13.8 Å². The molecule has 3 rings (SSSR count). The molecule has 0 aromatic heterocycles. The highest BCUT2D eigenvalue weighted by molar-refractivity contribution is 5.51. The predicted molar refractivity (Wildman–Crippen MR) is 77.0 cm³/mol. The molecule has 0 amide bonds. The van der Waals surface area contributed by atoms with E-state index < -0.39 is 0 Å². The second-order valence-electron chi connectivity index (χ2n) is 5.31. The number of hydrogen-bond donors (Lipinski definition) is 1. The van der Waals surface area contributed by atoms with Crippen molar-refractivity contribution in [3.05, 3.63) is 64.7 Å². The quantitative estimate of drug-likeness (QED) is 0.816. The fraction of sp³-hybridized carbons (Fsp3) is 0.294. The van der Waals surface area contributed by atoms with Gasteiger partial charge in [-0.05, 0) is 61.1 Å². The lowest BCUT2D eigenvalue weighted by Crippen LogP contribution is -2.07. The molecule has 1 aliphatic rings. The van der Waals surface area contributed by atoms with Crippen molar-refractivity contribution in [2.24, 2.45) is 0 Å². The van der Waals surface area contributed by atoms with Gasteiger partial charge in [0.25, 0.3) is 0 Å². The van der Waals surface area contributed by atoms with E-state index in [9.17, 15) is 0 Å². The van der Waals surface area contributed by atoms with Gasteiger partial charge in [0, 0.05) is 5.69 Å². The van der Waals surface area contributed by atoms with Crippen molar-refractivity contribution in [3.8, 4) is 0 Å². The van der Waals surface area contributed by atoms with Crippen molar-refractivity contribution in [1.82, 2.24) is 0 Å². The molecule has 1 heteroatoms. The molecule has 2 aromatic carbocycles. The zero-order chi connectivity index (χ0) is 12.5. The first-order chi connectivity index (χ1) is 8.72. The zero-order valence-electron chi connectivity index (χ0n) is 11.0. The van der Waals surface area contributed by atoms with E-state index >= 15 is 0 Å². The molecule has 0 saturated carbocycles. The first-order valence-electron chi connectivity index (χ1n) is 6.65. The molecular formula is C17H19N. The van der Waals surface area contributed by atoms with Crippen molar-refractivity contribution in [2.45, 2.75) is 32.7 Å². The average Bonchev–Trinajstić information content (AvgIpc) is 2.72. The van der Waals surface area contributed by atoms with Crippen molar-refractivity contribution in [3.63, 3.8) is 0 Å². The molecule has 0 heterocycles. The van der Waals surface area contributed by atoms with Crippen molar-refractivity contribution in [2.75, 3.05) is 5.32 Å². The van der Waals surface area contributed by atoms with Crippen LogP contribution in [0.4, 0.5) is 5.69 Å². The van der Waals surface area contributed by atoms with Gasteiger partial charge < -0.3 is 5.32 Å². The van der Waals surface area contributed by atoms with Gasteiger partial charge in [-0.2, -0.15) is 0 Å². The number of hydrogen-bond acceptors (Lipinski definition) is 1. The van der Waals surface area contributed by atoms with Crippen LogP contribution in [0.25, 0.3) is 0 Å². The zero-order valence-corrected chi connectivity index (χ0v) is 11.0. The number of aryl methyl sites for hydroxylation is 3. The second-order valence-corrected chi connectivity index (χ2v) is 5.31. The predicted octanol–water partition coefficient (Wildman–Crippen LogP) is 4.40. The Labute approximate surface area is 109 Å². The van der Waals surface area contributed by atoms with Gasteiger partial charge in [-0.25, -0.2) is 0 Å². The Morgan fingerprint density at radius 3 is 2.50 bits per heavy atom. The van der Waals surface area contributed by atoms with E-state index in [0.29, 0.717) is 6.04 Å². The van der Waals surface area contributed by atoms with E-state index in [1.807, 2.05) is 0 Å². The fourth-order valence-electron chi connectivity index (χ4n) is 2.97. The summed E-state index contributed by atoms with van der Waals surface area (Å²) >= 11 is 0. The van der Waals surface area contributed by atoms with Crippen molar-refractivity contribution < 1.29 is 0 Å². The molecule has 0 saturated heterocycles. The Balaban J connectivity index is 1.86. The molecule has 1 unspecified atom stereocenters. The maximum Gasteiger partial charge on any atom is 0.0519 e. The number of rotatable bonds is 2. The molecule has 1 atom stereocenters. The molecule has 92 valence electrons. The maximum atomic E-state index is 3.68. The normalized spacial score (nSPS) is 17.6. The van der Waals surface area contributed by atoms with Crippen LogP contribution in [-0.2, 0) is 6.42 Å². The van der Waals surface area contributed by atoms with Gasteiger partial charge in [0.05, 0.1) is 6.04 Å². The van der Waals surface area contributed by atoms with Gasteiger partial charge in [-0.1, -0.05) is 30.3 Å². The summed E-state index contributed by atoms with van der Waals surface area (Å²) in [5.41, 5.74) is 6.86. The van der Waals surface area contributed by atoms with E-state index in [0.717, 1.165) is 0 Å². The SMILES string of the molecule is Cc1cc(C)cc(NC2CCc3ccccc32)c1. The highest BCUT2D eigenvalue weighted by Gasteiger charge is 2.21. The maximum absolute atomic E-state index is 3.68. The third-order valence-electron chi connectivity index (χ3n) is 3.70. The summed E-state index contributed by atoms with van der Waals surface area (Å²) in [6.45, 7) is 4.31. The van der Waals surface area contributed by atoms with E-state index in [1.54, 1.807) is 0 Å². The molecule has 0 fully saturated rings. The summed E-state index contributed by atoms with van der Waals surface area (Å²) in [6.07, 6.45) is 2.39. The van der Waals surface area contributed by atoms with Crippen molar-refractivity contribution >= 4 is 5.69 Å². The Kier molecular flexibility index (Phi) is 2.83. The molecule has 0 bridgehead atoms.